The van der Waals surface area contributed by atoms with Gasteiger partial charge in [-0.05, 0) is 55.4 Å². The lowest BCUT2D eigenvalue weighted by Crippen LogP contribution is -2.36. The number of aliphatic hydroxyl groups is 1. The fourth-order valence-electron chi connectivity index (χ4n) is 5.26. The quantitative estimate of drug-likeness (QED) is 0.549. The predicted octanol–water partition coefficient (Wildman–Crippen LogP) is 4.62. The summed E-state index contributed by atoms with van der Waals surface area (Å²) in [4.78, 5) is 0. The van der Waals surface area contributed by atoms with E-state index < -0.39 is 0 Å². The minimum Gasteiger partial charge on any atom is -0.392 e. The van der Waals surface area contributed by atoms with Crippen LogP contribution in [0.5, 0.6) is 0 Å². The first kappa shape index (κ1) is 23.6. The van der Waals surface area contributed by atoms with Gasteiger partial charge in [-0.1, -0.05) is 45.9 Å². The van der Waals surface area contributed by atoms with Gasteiger partial charge < -0.3 is 19.3 Å². The molecule has 1 saturated carbocycles. The van der Waals surface area contributed by atoms with Crippen molar-refractivity contribution in [3.63, 3.8) is 0 Å². The Bertz CT molecular complexity index is 525. The summed E-state index contributed by atoms with van der Waals surface area (Å²) in [5.74, 6) is 2.08. The van der Waals surface area contributed by atoms with Crippen LogP contribution < -0.4 is 0 Å². The van der Waals surface area contributed by atoms with Crippen LogP contribution in [-0.4, -0.2) is 50.3 Å². The molecule has 162 valence electrons. The van der Waals surface area contributed by atoms with Gasteiger partial charge in [0, 0.05) is 26.7 Å². The summed E-state index contributed by atoms with van der Waals surface area (Å²) < 4.78 is 17.1. The van der Waals surface area contributed by atoms with Crippen molar-refractivity contribution in [2.45, 2.75) is 78.3 Å². The third kappa shape index (κ3) is 5.47. The molecule has 0 radical (unpaired) electrons. The van der Waals surface area contributed by atoms with Crippen LogP contribution >= 0.6 is 0 Å². The Morgan fingerprint density at radius 3 is 2.57 bits per heavy atom. The molecule has 1 N–H and O–H groups in total. The number of allylic oxidation sites excluding steroid dienone is 2. The van der Waals surface area contributed by atoms with E-state index in [0.29, 0.717) is 23.7 Å². The summed E-state index contributed by atoms with van der Waals surface area (Å²) in [6.07, 6.45) is 9.59. The smallest absolute Gasteiger partial charge is 0.105 e. The summed E-state index contributed by atoms with van der Waals surface area (Å²) in [7, 11) is 3.56. The molecule has 1 heterocycles. The Hall–Kier alpha value is -0.680. The zero-order valence-corrected chi connectivity index (χ0v) is 18.9. The normalized spacial score (nSPS) is 35.6. The van der Waals surface area contributed by atoms with Gasteiger partial charge in [-0.3, -0.25) is 0 Å². The zero-order chi connectivity index (χ0) is 20.8. The van der Waals surface area contributed by atoms with Crippen LogP contribution in [0.4, 0.5) is 0 Å². The van der Waals surface area contributed by atoms with Crippen molar-refractivity contribution < 1.29 is 19.3 Å². The second-order valence-corrected chi connectivity index (χ2v) is 8.91. The van der Waals surface area contributed by atoms with Crippen molar-refractivity contribution in [2.75, 3.05) is 20.8 Å². The minimum absolute atomic E-state index is 0.0392. The molecule has 0 bridgehead atoms. The highest BCUT2D eigenvalue weighted by Crippen LogP contribution is 2.55. The number of rotatable bonds is 10. The highest BCUT2D eigenvalue weighted by Gasteiger charge is 2.55. The van der Waals surface area contributed by atoms with E-state index in [-0.39, 0.29) is 30.3 Å². The Balaban J connectivity index is 1.92. The van der Waals surface area contributed by atoms with Crippen molar-refractivity contribution in [2.24, 2.45) is 29.6 Å². The molecule has 1 aliphatic heterocycles. The molecule has 28 heavy (non-hydrogen) atoms. The van der Waals surface area contributed by atoms with Crippen molar-refractivity contribution in [3.05, 3.63) is 23.8 Å². The minimum atomic E-state index is -0.306. The van der Waals surface area contributed by atoms with E-state index in [1.165, 1.54) is 5.57 Å². The molecule has 0 spiro atoms. The molecule has 4 heteroatoms. The van der Waals surface area contributed by atoms with Crippen LogP contribution in [0.3, 0.4) is 0 Å². The van der Waals surface area contributed by atoms with Gasteiger partial charge in [-0.25, -0.2) is 0 Å². The third-order valence-corrected chi connectivity index (χ3v) is 7.14. The van der Waals surface area contributed by atoms with E-state index in [1.807, 2.05) is 0 Å². The average Bonchev–Trinajstić information content (AvgIpc) is 3.38. The SMILES string of the molecule is CCC(OC)C(C)C1C(C(O)C(C)/C=C/C=C(\C)C2OCCCC2OC)[C@@H]1C. The summed E-state index contributed by atoms with van der Waals surface area (Å²) in [5.41, 5.74) is 1.18. The fraction of sp³-hybridized carbons (Fsp3) is 0.833. The van der Waals surface area contributed by atoms with Crippen molar-refractivity contribution in [1.29, 1.82) is 0 Å². The second-order valence-electron chi connectivity index (χ2n) is 8.91. The molecule has 8 unspecified atom stereocenters. The van der Waals surface area contributed by atoms with Crippen LogP contribution in [-0.2, 0) is 14.2 Å². The molecular formula is C24H42O4. The molecule has 9 atom stereocenters. The van der Waals surface area contributed by atoms with Crippen molar-refractivity contribution in [1.82, 2.24) is 0 Å². The maximum atomic E-state index is 10.9. The molecule has 4 nitrogen and oxygen atoms in total. The van der Waals surface area contributed by atoms with Crippen LogP contribution in [0.25, 0.3) is 0 Å². The van der Waals surface area contributed by atoms with Gasteiger partial charge in [0.05, 0.1) is 18.3 Å². The lowest BCUT2D eigenvalue weighted by molar-refractivity contribution is -0.0727. The second kappa shape index (κ2) is 10.9. The Labute approximate surface area is 172 Å². The summed E-state index contributed by atoms with van der Waals surface area (Å²) >= 11 is 0. The number of ether oxygens (including phenoxy) is 3. The predicted molar refractivity (Wildman–Crippen MR) is 114 cm³/mol. The molecule has 0 aromatic carbocycles. The summed E-state index contributed by atoms with van der Waals surface area (Å²) in [6.45, 7) is 11.7. The van der Waals surface area contributed by atoms with E-state index >= 15 is 0 Å². The van der Waals surface area contributed by atoms with Crippen LogP contribution in [0, 0.1) is 29.6 Å². The molecular weight excluding hydrogens is 352 g/mol. The van der Waals surface area contributed by atoms with E-state index in [9.17, 15) is 5.11 Å². The topological polar surface area (TPSA) is 47.9 Å². The number of hydrogen-bond acceptors (Lipinski definition) is 4. The van der Waals surface area contributed by atoms with Gasteiger partial charge in [0.2, 0.25) is 0 Å². The first-order valence-electron chi connectivity index (χ1n) is 11.1. The molecule has 0 amide bonds. The van der Waals surface area contributed by atoms with E-state index in [1.54, 1.807) is 14.2 Å². The zero-order valence-electron chi connectivity index (χ0n) is 18.9. The maximum absolute atomic E-state index is 10.9. The number of hydrogen-bond donors (Lipinski definition) is 1. The van der Waals surface area contributed by atoms with Gasteiger partial charge in [-0.15, -0.1) is 0 Å². The third-order valence-electron chi connectivity index (χ3n) is 7.14. The highest BCUT2D eigenvalue weighted by molar-refractivity contribution is 5.18. The lowest BCUT2D eigenvalue weighted by atomic mass is 9.91. The first-order chi connectivity index (χ1) is 13.4. The summed E-state index contributed by atoms with van der Waals surface area (Å²) in [5, 5.41) is 10.9. The monoisotopic (exact) mass is 394 g/mol. The molecule has 2 fully saturated rings. The molecule has 0 aromatic rings. The number of methoxy groups -OCH3 is 2. The van der Waals surface area contributed by atoms with Crippen molar-refractivity contribution >= 4 is 0 Å². The maximum Gasteiger partial charge on any atom is 0.105 e. The van der Waals surface area contributed by atoms with E-state index in [2.05, 4.69) is 52.8 Å². The van der Waals surface area contributed by atoms with Gasteiger partial charge >= 0.3 is 0 Å². The van der Waals surface area contributed by atoms with E-state index in [4.69, 9.17) is 14.2 Å². The van der Waals surface area contributed by atoms with Gasteiger partial charge in [0.25, 0.3) is 0 Å². The van der Waals surface area contributed by atoms with Gasteiger partial charge in [0.1, 0.15) is 6.10 Å². The van der Waals surface area contributed by atoms with Gasteiger partial charge in [-0.2, -0.15) is 0 Å². The molecule has 0 aromatic heterocycles. The first-order valence-corrected chi connectivity index (χ1v) is 11.1. The van der Waals surface area contributed by atoms with E-state index in [0.717, 1.165) is 25.9 Å². The average molecular weight is 395 g/mol. The molecule has 2 aliphatic rings. The Kier molecular flexibility index (Phi) is 9.20. The molecule has 1 saturated heterocycles. The van der Waals surface area contributed by atoms with Crippen LogP contribution in [0.15, 0.2) is 23.8 Å². The summed E-state index contributed by atoms with van der Waals surface area (Å²) in [6, 6.07) is 0. The number of aliphatic hydroxyl groups excluding tert-OH is 1. The van der Waals surface area contributed by atoms with Crippen LogP contribution in [0.2, 0.25) is 0 Å². The molecule has 2 rings (SSSR count). The standard InChI is InChI=1S/C24H42O4/c1-8-19(26-6)17(4)21-18(5)22(21)23(25)15(2)11-9-12-16(3)24-20(27-7)13-10-14-28-24/h9,11-12,15,17-25H,8,10,13-14H2,1-7H3/b11-9+,16-12+/t15?,17?,18-,19?,20?,21?,22?,23?,24?/m1/s1. The molecule has 1 aliphatic carbocycles. The Morgan fingerprint density at radius 1 is 1.25 bits per heavy atom. The highest BCUT2D eigenvalue weighted by atomic mass is 16.5. The van der Waals surface area contributed by atoms with Gasteiger partial charge in [0.15, 0.2) is 0 Å². The fourth-order valence-corrected chi connectivity index (χ4v) is 5.26. The van der Waals surface area contributed by atoms with Crippen LogP contribution in [0.1, 0.15) is 53.9 Å². The van der Waals surface area contributed by atoms with Crippen molar-refractivity contribution in [3.8, 4) is 0 Å². The Morgan fingerprint density at radius 2 is 1.96 bits per heavy atom. The largest absolute Gasteiger partial charge is 0.392 e. The lowest BCUT2D eigenvalue weighted by Gasteiger charge is -2.31.